The average Bonchev–Trinajstić information content (AvgIpc) is 2.49. The van der Waals surface area contributed by atoms with Crippen LogP contribution < -0.4 is 5.32 Å². The zero-order valence-electron chi connectivity index (χ0n) is 9.43. The van der Waals surface area contributed by atoms with Gasteiger partial charge >= 0.3 is 0 Å². The minimum absolute atomic E-state index is 0.283. The lowest BCUT2D eigenvalue weighted by atomic mass is 10.0. The second-order valence-electron chi connectivity index (χ2n) is 3.60. The maximum Gasteiger partial charge on any atom is 0.138 e. The van der Waals surface area contributed by atoms with Crippen LogP contribution in [0, 0.1) is 13.8 Å². The Labute approximate surface area is 99.0 Å². The molecule has 0 aliphatic carbocycles. The van der Waals surface area contributed by atoms with Gasteiger partial charge in [0.1, 0.15) is 5.76 Å². The van der Waals surface area contributed by atoms with E-state index in [4.69, 9.17) is 4.52 Å². The van der Waals surface area contributed by atoms with Crippen molar-refractivity contribution in [3.63, 3.8) is 0 Å². The van der Waals surface area contributed by atoms with Crippen molar-refractivity contribution in [3.8, 4) is 0 Å². The quantitative estimate of drug-likeness (QED) is 0.895. The van der Waals surface area contributed by atoms with Crippen LogP contribution in [0.1, 0.15) is 36.4 Å². The molecule has 1 rings (SSSR count). The lowest BCUT2D eigenvalue weighted by molar-refractivity contribution is 0.390. The molecule has 84 valence electrons. The molecule has 0 unspecified atom stereocenters. The fourth-order valence-electron chi connectivity index (χ4n) is 1.67. The highest BCUT2D eigenvalue weighted by Gasteiger charge is 2.18. The van der Waals surface area contributed by atoms with E-state index in [9.17, 15) is 0 Å². The van der Waals surface area contributed by atoms with Crippen molar-refractivity contribution in [2.24, 2.45) is 0 Å². The molecule has 0 radical (unpaired) electrons. The van der Waals surface area contributed by atoms with Gasteiger partial charge in [-0.25, -0.2) is 0 Å². The Morgan fingerprint density at radius 3 is 2.67 bits per heavy atom. The van der Waals surface area contributed by atoms with Gasteiger partial charge in [0.15, 0.2) is 0 Å². The number of halogens is 1. The van der Waals surface area contributed by atoms with Crippen LogP contribution in [-0.4, -0.2) is 11.7 Å². The van der Waals surface area contributed by atoms with Gasteiger partial charge < -0.3 is 9.84 Å². The summed E-state index contributed by atoms with van der Waals surface area (Å²) in [5.74, 6) is 0.895. The van der Waals surface area contributed by atoms with E-state index >= 15 is 0 Å². The highest BCUT2D eigenvalue weighted by atomic mass is 79.9. The third-order valence-electron chi connectivity index (χ3n) is 2.39. The van der Waals surface area contributed by atoms with Crippen molar-refractivity contribution in [1.82, 2.24) is 10.5 Å². The molecule has 1 aromatic rings. The summed E-state index contributed by atoms with van der Waals surface area (Å²) in [5, 5.41) is 7.37. The van der Waals surface area contributed by atoms with Gasteiger partial charge in [0, 0.05) is 22.6 Å². The minimum Gasteiger partial charge on any atom is -0.361 e. The molecule has 1 heterocycles. The first-order valence-electron chi connectivity index (χ1n) is 5.05. The van der Waals surface area contributed by atoms with E-state index in [0.717, 1.165) is 28.9 Å². The number of hydrogen-bond donors (Lipinski definition) is 1. The van der Waals surface area contributed by atoms with Crippen LogP contribution in [0.25, 0.3) is 0 Å². The van der Waals surface area contributed by atoms with E-state index in [2.05, 4.69) is 39.9 Å². The molecule has 4 heteroatoms. The summed E-state index contributed by atoms with van der Waals surface area (Å²) in [6, 6.07) is 0.283. The first kappa shape index (κ1) is 12.5. The Kier molecular flexibility index (Phi) is 4.54. The molecule has 0 aliphatic heterocycles. The fourth-order valence-corrected chi connectivity index (χ4v) is 1.83. The normalized spacial score (nSPS) is 12.8. The summed E-state index contributed by atoms with van der Waals surface area (Å²) in [5.41, 5.74) is 2.14. The van der Waals surface area contributed by atoms with Gasteiger partial charge in [-0.1, -0.05) is 34.6 Å². The van der Waals surface area contributed by atoms with Crippen LogP contribution in [0.5, 0.6) is 0 Å². The summed E-state index contributed by atoms with van der Waals surface area (Å²) in [6.45, 7) is 10.6. The van der Waals surface area contributed by atoms with Crippen LogP contribution >= 0.6 is 15.9 Å². The van der Waals surface area contributed by atoms with Crippen LogP contribution in [-0.2, 0) is 0 Å². The summed E-state index contributed by atoms with van der Waals surface area (Å²) >= 11 is 3.34. The molecule has 15 heavy (non-hydrogen) atoms. The second kappa shape index (κ2) is 5.47. The summed E-state index contributed by atoms with van der Waals surface area (Å²) in [7, 11) is 0. The summed E-state index contributed by atoms with van der Waals surface area (Å²) in [4.78, 5) is 0. The van der Waals surface area contributed by atoms with Gasteiger partial charge in [0.25, 0.3) is 0 Å². The molecule has 3 nitrogen and oxygen atoms in total. The van der Waals surface area contributed by atoms with Crippen LogP contribution in [0.3, 0.4) is 0 Å². The molecule has 1 atom stereocenters. The molecule has 0 aliphatic rings. The van der Waals surface area contributed by atoms with Crippen LogP contribution in [0.4, 0.5) is 0 Å². The fraction of sp³-hybridized carbons (Fsp3) is 0.545. The van der Waals surface area contributed by atoms with Gasteiger partial charge in [-0.05, 0) is 20.3 Å². The molecule has 0 saturated heterocycles. The highest BCUT2D eigenvalue weighted by molar-refractivity contribution is 9.11. The average molecular weight is 273 g/mol. The lowest BCUT2D eigenvalue weighted by Gasteiger charge is -2.16. The van der Waals surface area contributed by atoms with E-state index in [1.54, 1.807) is 0 Å². The molecule has 0 spiro atoms. The molecular formula is C11H17BrN2O. The van der Waals surface area contributed by atoms with Crippen molar-refractivity contribution in [3.05, 3.63) is 28.1 Å². The molecule has 0 bridgehead atoms. The standard InChI is InChI=1S/C11H17BrN2O/c1-5-10(13-6-7(2)12)11-8(3)14-15-9(11)4/h10,13H,2,5-6H2,1,3-4H3/t10-/m1/s1. The van der Waals surface area contributed by atoms with E-state index in [-0.39, 0.29) is 6.04 Å². The van der Waals surface area contributed by atoms with E-state index in [1.807, 2.05) is 13.8 Å². The van der Waals surface area contributed by atoms with Crippen molar-refractivity contribution < 1.29 is 4.52 Å². The minimum atomic E-state index is 0.283. The van der Waals surface area contributed by atoms with Crippen molar-refractivity contribution >= 4 is 15.9 Å². The van der Waals surface area contributed by atoms with Gasteiger partial charge in [0.05, 0.1) is 5.69 Å². The number of nitrogens with zero attached hydrogens (tertiary/aromatic N) is 1. The molecule has 1 N–H and O–H groups in total. The van der Waals surface area contributed by atoms with Gasteiger partial charge in [-0.3, -0.25) is 0 Å². The molecule has 1 aromatic heterocycles. The predicted octanol–water partition coefficient (Wildman–Crippen LogP) is 3.24. The van der Waals surface area contributed by atoms with Crippen molar-refractivity contribution in [1.29, 1.82) is 0 Å². The largest absolute Gasteiger partial charge is 0.361 e. The number of nitrogens with one attached hydrogen (secondary N) is 1. The predicted molar refractivity (Wildman–Crippen MR) is 65.1 cm³/mol. The summed E-state index contributed by atoms with van der Waals surface area (Å²) in [6.07, 6.45) is 1.00. The Hall–Kier alpha value is -0.610. The maximum atomic E-state index is 5.16. The van der Waals surface area contributed by atoms with Crippen LogP contribution in [0.2, 0.25) is 0 Å². The smallest absolute Gasteiger partial charge is 0.138 e. The monoisotopic (exact) mass is 272 g/mol. The Morgan fingerprint density at radius 2 is 2.27 bits per heavy atom. The van der Waals surface area contributed by atoms with E-state index in [1.165, 1.54) is 5.56 Å². The molecule has 0 fully saturated rings. The Bertz CT molecular complexity index is 327. The van der Waals surface area contributed by atoms with E-state index < -0.39 is 0 Å². The second-order valence-corrected chi connectivity index (χ2v) is 4.72. The Morgan fingerprint density at radius 1 is 1.60 bits per heavy atom. The first-order chi connectivity index (χ1) is 7.06. The number of hydrogen-bond acceptors (Lipinski definition) is 3. The van der Waals surface area contributed by atoms with Gasteiger partial charge in [-0.15, -0.1) is 0 Å². The number of rotatable bonds is 5. The topological polar surface area (TPSA) is 38.1 Å². The van der Waals surface area contributed by atoms with E-state index in [0.29, 0.717) is 0 Å². The van der Waals surface area contributed by atoms with Gasteiger partial charge in [-0.2, -0.15) is 0 Å². The summed E-state index contributed by atoms with van der Waals surface area (Å²) < 4.78 is 6.11. The van der Waals surface area contributed by atoms with Crippen molar-refractivity contribution in [2.45, 2.75) is 33.2 Å². The first-order valence-corrected chi connectivity index (χ1v) is 5.85. The Balaban J connectivity index is 2.78. The molecular weight excluding hydrogens is 256 g/mol. The zero-order valence-corrected chi connectivity index (χ0v) is 11.0. The lowest BCUT2D eigenvalue weighted by Crippen LogP contribution is -2.22. The maximum absolute atomic E-state index is 5.16. The molecule has 0 aromatic carbocycles. The number of aromatic nitrogens is 1. The van der Waals surface area contributed by atoms with Gasteiger partial charge in [0.2, 0.25) is 0 Å². The SMILES string of the molecule is C=C(Br)CN[C@H](CC)c1c(C)noc1C. The van der Waals surface area contributed by atoms with Crippen LogP contribution in [0.15, 0.2) is 15.6 Å². The molecule has 0 amide bonds. The third kappa shape index (κ3) is 3.18. The zero-order chi connectivity index (χ0) is 11.4. The highest BCUT2D eigenvalue weighted by Crippen LogP contribution is 2.24. The molecule has 0 saturated carbocycles. The third-order valence-corrected chi connectivity index (χ3v) is 2.67. The van der Waals surface area contributed by atoms with Crippen molar-refractivity contribution in [2.75, 3.05) is 6.54 Å². The number of aryl methyl sites for hydroxylation is 2.